The molecule has 0 spiro atoms. The van der Waals surface area contributed by atoms with Crippen LogP contribution in [0.4, 0.5) is 9.18 Å². The maximum Gasteiger partial charge on any atom is 0.329 e. The standard InChI is InChI=1S/C24H27FN2O2.C15H16Cl3N3O2/c1-29-21-8-9-23-22(15-21)19(16-26-23)3-2-12-27-13-10-18(11-14-27)24(28)17-4-6-20(25)7-5-17;1-2-4-20(15(22)21-5-3-19-10-21)6-7-23-14-12(17)8-11(16)9-13(14)18/h4-9,15-16,18,26H,2-3,10-14H2,1H3;3,5,8-10H,2,4,6-7H2,1H3. The second kappa shape index (κ2) is 19.1. The van der Waals surface area contributed by atoms with E-state index in [1.54, 1.807) is 48.7 Å². The monoisotopic (exact) mass is 769 g/mol. The molecule has 0 atom stereocenters. The molecule has 0 unspecified atom stereocenters. The number of carbonyl (C=O) groups excluding carboxylic acids is 2. The van der Waals surface area contributed by atoms with Crippen LogP contribution in [0.3, 0.4) is 0 Å². The number of hydrogen-bond donors (Lipinski definition) is 1. The first-order chi connectivity index (χ1) is 25.2. The molecule has 0 aliphatic carbocycles. The number of halogens is 4. The Morgan fingerprint density at radius 3 is 2.40 bits per heavy atom. The van der Waals surface area contributed by atoms with Crippen molar-refractivity contribution < 1.29 is 23.5 Å². The fourth-order valence-corrected chi connectivity index (χ4v) is 7.21. The molecule has 0 bridgehead atoms. The predicted molar refractivity (Wildman–Crippen MR) is 205 cm³/mol. The van der Waals surface area contributed by atoms with Gasteiger partial charge in [-0.15, -0.1) is 0 Å². The molecule has 1 N–H and O–H groups in total. The number of carbonyl (C=O) groups is 2. The van der Waals surface area contributed by atoms with E-state index >= 15 is 0 Å². The zero-order valence-electron chi connectivity index (χ0n) is 29.3. The van der Waals surface area contributed by atoms with Crippen molar-refractivity contribution in [2.45, 2.75) is 39.0 Å². The second-order valence-corrected chi connectivity index (χ2v) is 13.9. The van der Waals surface area contributed by atoms with Gasteiger partial charge in [0.1, 0.15) is 24.5 Å². The highest BCUT2D eigenvalue weighted by Crippen LogP contribution is 2.35. The van der Waals surface area contributed by atoms with Crippen molar-refractivity contribution in [3.05, 3.63) is 112 Å². The summed E-state index contributed by atoms with van der Waals surface area (Å²) in [6.45, 7) is 6.21. The third-order valence-corrected chi connectivity index (χ3v) is 9.82. The van der Waals surface area contributed by atoms with Crippen LogP contribution < -0.4 is 9.47 Å². The van der Waals surface area contributed by atoms with Gasteiger partial charge in [-0.3, -0.25) is 9.36 Å². The minimum Gasteiger partial charge on any atom is -0.497 e. The first-order valence-corrected chi connectivity index (χ1v) is 18.5. The van der Waals surface area contributed by atoms with E-state index in [0.717, 1.165) is 63.0 Å². The number of hydrogen-bond acceptors (Lipinski definition) is 6. The summed E-state index contributed by atoms with van der Waals surface area (Å²) < 4.78 is 25.5. The molecule has 0 saturated carbocycles. The maximum atomic E-state index is 13.1. The number of H-pyrrole nitrogens is 1. The summed E-state index contributed by atoms with van der Waals surface area (Å²) in [5.74, 6) is 1.15. The SMILES string of the molecule is CCCN(CCOc1c(Cl)cc(Cl)cc1Cl)C(=O)n1ccnc1.COc1ccc2[nH]cc(CCCN3CCC(C(=O)c4ccc(F)cc4)CC3)c2c1. The van der Waals surface area contributed by atoms with E-state index in [0.29, 0.717) is 39.5 Å². The number of Topliss-reactive ketones (excluding diaryl/α,β-unsaturated/α-hetero) is 1. The largest absolute Gasteiger partial charge is 0.497 e. The summed E-state index contributed by atoms with van der Waals surface area (Å²) in [6.07, 6.45) is 11.4. The topological polar surface area (TPSA) is 92.7 Å². The second-order valence-electron chi connectivity index (χ2n) is 12.6. The van der Waals surface area contributed by atoms with Gasteiger partial charge in [0.2, 0.25) is 0 Å². The lowest BCUT2D eigenvalue weighted by Crippen LogP contribution is -2.37. The van der Waals surface area contributed by atoms with Gasteiger partial charge in [-0.05, 0) is 112 Å². The highest BCUT2D eigenvalue weighted by Gasteiger charge is 2.25. The predicted octanol–water partition coefficient (Wildman–Crippen LogP) is 9.45. The van der Waals surface area contributed by atoms with Crippen LogP contribution in [0.1, 0.15) is 48.5 Å². The molecule has 52 heavy (non-hydrogen) atoms. The van der Waals surface area contributed by atoms with Crippen LogP contribution in [-0.4, -0.2) is 82.6 Å². The van der Waals surface area contributed by atoms with E-state index in [1.165, 1.54) is 34.0 Å². The van der Waals surface area contributed by atoms with Crippen molar-refractivity contribution in [3.63, 3.8) is 0 Å². The smallest absolute Gasteiger partial charge is 0.329 e. The van der Waals surface area contributed by atoms with Crippen LogP contribution in [0.15, 0.2) is 79.5 Å². The Labute approximate surface area is 318 Å². The van der Waals surface area contributed by atoms with Crippen molar-refractivity contribution in [2.75, 3.05) is 46.4 Å². The molecule has 276 valence electrons. The van der Waals surface area contributed by atoms with Crippen LogP contribution in [-0.2, 0) is 6.42 Å². The number of imidazole rings is 1. The summed E-state index contributed by atoms with van der Waals surface area (Å²) in [5, 5.41) is 2.35. The van der Waals surface area contributed by atoms with E-state index in [2.05, 4.69) is 33.2 Å². The zero-order chi connectivity index (χ0) is 37.0. The highest BCUT2D eigenvalue weighted by atomic mass is 35.5. The molecule has 3 heterocycles. The Morgan fingerprint density at radius 2 is 1.75 bits per heavy atom. The molecule has 1 amide bonds. The number of methoxy groups -OCH3 is 1. The van der Waals surface area contributed by atoms with E-state index in [4.69, 9.17) is 44.3 Å². The molecule has 2 aromatic heterocycles. The van der Waals surface area contributed by atoms with Crippen LogP contribution >= 0.6 is 34.8 Å². The van der Waals surface area contributed by atoms with Gasteiger partial charge in [-0.25, -0.2) is 14.2 Å². The van der Waals surface area contributed by atoms with Crippen LogP contribution in [0.2, 0.25) is 15.1 Å². The first-order valence-electron chi connectivity index (χ1n) is 17.4. The third kappa shape index (κ3) is 10.5. The lowest BCUT2D eigenvalue weighted by Gasteiger charge is -2.31. The number of aromatic amines is 1. The number of fused-ring (bicyclic) bond motifs is 1. The van der Waals surface area contributed by atoms with Crippen molar-refractivity contribution >= 4 is 57.5 Å². The van der Waals surface area contributed by atoms with Crippen LogP contribution in [0, 0.1) is 11.7 Å². The lowest BCUT2D eigenvalue weighted by molar-refractivity contribution is 0.0839. The average Bonchev–Trinajstić information content (AvgIpc) is 3.83. The molecule has 1 aliphatic rings. The van der Waals surface area contributed by atoms with Gasteiger partial charge >= 0.3 is 6.03 Å². The van der Waals surface area contributed by atoms with E-state index in [-0.39, 0.29) is 30.2 Å². The Balaban J connectivity index is 0.000000207. The maximum absolute atomic E-state index is 13.1. The number of aromatic nitrogens is 3. The molecule has 9 nitrogen and oxygen atoms in total. The summed E-state index contributed by atoms with van der Waals surface area (Å²) in [6, 6.07) is 15.0. The molecule has 1 saturated heterocycles. The minimum atomic E-state index is -0.301. The molecule has 1 aliphatic heterocycles. The Morgan fingerprint density at radius 1 is 1.02 bits per heavy atom. The van der Waals surface area contributed by atoms with Gasteiger partial charge in [0.25, 0.3) is 0 Å². The van der Waals surface area contributed by atoms with Gasteiger partial charge < -0.3 is 24.3 Å². The van der Waals surface area contributed by atoms with Crippen molar-refractivity contribution in [1.29, 1.82) is 0 Å². The molecular weight excluding hydrogens is 728 g/mol. The van der Waals surface area contributed by atoms with Gasteiger partial charge in [-0.1, -0.05) is 41.7 Å². The van der Waals surface area contributed by atoms with Gasteiger partial charge in [0.15, 0.2) is 11.5 Å². The van der Waals surface area contributed by atoms with E-state index in [1.807, 2.05) is 13.0 Å². The number of nitrogens with zero attached hydrogens (tertiary/aromatic N) is 4. The number of piperidine rings is 1. The van der Waals surface area contributed by atoms with Crippen LogP contribution in [0.5, 0.6) is 11.5 Å². The third-order valence-electron chi connectivity index (χ3n) is 9.04. The lowest BCUT2D eigenvalue weighted by atomic mass is 9.89. The Hall–Kier alpha value is -4.09. The summed E-state index contributed by atoms with van der Waals surface area (Å²) in [5.41, 5.74) is 3.08. The van der Waals surface area contributed by atoms with Gasteiger partial charge in [0.05, 0.1) is 23.7 Å². The number of likely N-dealkylation sites (tertiary alicyclic amines) is 1. The van der Waals surface area contributed by atoms with Crippen molar-refractivity contribution in [3.8, 4) is 11.5 Å². The number of amides is 1. The molecular formula is C39H43Cl3FN5O4. The van der Waals surface area contributed by atoms with E-state index in [9.17, 15) is 14.0 Å². The number of ether oxygens (including phenoxy) is 2. The van der Waals surface area contributed by atoms with Crippen molar-refractivity contribution in [1.82, 2.24) is 24.3 Å². The number of rotatable bonds is 13. The van der Waals surface area contributed by atoms with Crippen LogP contribution in [0.25, 0.3) is 10.9 Å². The number of ketones is 1. The zero-order valence-corrected chi connectivity index (χ0v) is 31.6. The fraction of sp³-hybridized carbons (Fsp3) is 0.359. The van der Waals surface area contributed by atoms with Gasteiger partial charge in [0, 0.05) is 52.5 Å². The molecule has 5 aromatic rings. The Kier molecular flexibility index (Phi) is 14.4. The summed E-state index contributed by atoms with van der Waals surface area (Å²) >= 11 is 18.0. The fourth-order valence-electron chi connectivity index (χ4n) is 6.29. The van der Waals surface area contributed by atoms with Crippen molar-refractivity contribution in [2.24, 2.45) is 5.92 Å². The summed E-state index contributed by atoms with van der Waals surface area (Å²) in [4.78, 5) is 36.3. The summed E-state index contributed by atoms with van der Waals surface area (Å²) in [7, 11) is 1.69. The number of nitrogens with one attached hydrogen (secondary N) is 1. The molecule has 6 rings (SSSR count). The quantitative estimate of drug-likeness (QED) is 0.120. The van der Waals surface area contributed by atoms with Gasteiger partial charge in [-0.2, -0.15) is 0 Å². The highest BCUT2D eigenvalue weighted by molar-refractivity contribution is 6.40. The minimum absolute atomic E-state index is 0.0535. The number of benzene rings is 3. The molecule has 3 aromatic carbocycles. The molecule has 0 radical (unpaired) electrons. The molecule has 1 fully saturated rings. The number of aryl methyl sites for hydroxylation is 1. The Bertz CT molecular complexity index is 1890. The normalized spacial score (nSPS) is 13.4. The molecule has 13 heteroatoms. The first kappa shape index (κ1) is 39.1. The van der Waals surface area contributed by atoms with E-state index < -0.39 is 0 Å². The average molecular weight is 771 g/mol.